The molecule has 0 radical (unpaired) electrons. The highest BCUT2D eigenvalue weighted by atomic mass is 16.6. The summed E-state index contributed by atoms with van der Waals surface area (Å²) in [5.41, 5.74) is 3.17. The number of rotatable bonds is 9. The number of benzene rings is 2. The first-order valence-corrected chi connectivity index (χ1v) is 11.7. The molecule has 0 saturated carbocycles. The maximum atomic E-state index is 13.4. The van der Waals surface area contributed by atoms with Gasteiger partial charge < -0.3 is 20.3 Å². The van der Waals surface area contributed by atoms with E-state index in [1.807, 2.05) is 69.3 Å². The number of hydrogen-bond donors (Lipinski definition) is 2. The largest absolute Gasteiger partial charge is 0.444 e. The minimum absolute atomic E-state index is 0.262. The lowest BCUT2D eigenvalue weighted by Gasteiger charge is -2.32. The molecule has 2 aromatic carbocycles. The summed E-state index contributed by atoms with van der Waals surface area (Å²) < 4.78 is 5.24. The fourth-order valence-electron chi connectivity index (χ4n) is 3.49. The van der Waals surface area contributed by atoms with Gasteiger partial charge in [-0.1, -0.05) is 55.5 Å². The van der Waals surface area contributed by atoms with E-state index >= 15 is 0 Å². The highest BCUT2D eigenvalue weighted by Crippen LogP contribution is 2.24. The van der Waals surface area contributed by atoms with Crippen LogP contribution in [0.15, 0.2) is 48.5 Å². The van der Waals surface area contributed by atoms with Gasteiger partial charge in [0, 0.05) is 13.1 Å². The van der Waals surface area contributed by atoms with Crippen LogP contribution < -0.4 is 10.6 Å². The molecule has 34 heavy (non-hydrogen) atoms. The third-order valence-corrected chi connectivity index (χ3v) is 5.28. The fraction of sp³-hybridized carbons (Fsp3) is 0.444. The predicted octanol–water partition coefficient (Wildman–Crippen LogP) is 4.42. The molecular formula is C27H37N3O4. The Kier molecular flexibility index (Phi) is 9.66. The fourth-order valence-corrected chi connectivity index (χ4v) is 3.49. The van der Waals surface area contributed by atoms with E-state index in [9.17, 15) is 14.4 Å². The number of aryl methyl sites for hydroxylation is 2. The summed E-state index contributed by atoms with van der Waals surface area (Å²) in [6.45, 7) is 11.6. The summed E-state index contributed by atoms with van der Waals surface area (Å²) in [6, 6.07) is 14.6. The molecule has 0 fully saturated rings. The van der Waals surface area contributed by atoms with Crippen molar-refractivity contribution in [2.75, 3.05) is 13.1 Å². The third-order valence-electron chi connectivity index (χ3n) is 5.28. The van der Waals surface area contributed by atoms with Crippen molar-refractivity contribution in [1.29, 1.82) is 0 Å². The Labute approximate surface area is 202 Å². The molecule has 1 atom stereocenters. The Balaban J connectivity index is 2.28. The molecule has 0 saturated heterocycles. The average Bonchev–Trinajstić information content (AvgIpc) is 2.77. The van der Waals surface area contributed by atoms with Gasteiger partial charge in [0.15, 0.2) is 0 Å². The van der Waals surface area contributed by atoms with Crippen LogP contribution >= 0.6 is 0 Å². The van der Waals surface area contributed by atoms with Crippen molar-refractivity contribution >= 4 is 17.9 Å². The molecule has 0 bridgehead atoms. The highest BCUT2D eigenvalue weighted by Gasteiger charge is 2.31. The number of alkyl carbamates (subject to hydrolysis) is 1. The van der Waals surface area contributed by atoms with Gasteiger partial charge in [-0.25, -0.2) is 4.79 Å². The Morgan fingerprint density at radius 3 is 2.24 bits per heavy atom. The molecule has 3 amide bonds. The van der Waals surface area contributed by atoms with E-state index in [0.717, 1.165) is 22.3 Å². The maximum absolute atomic E-state index is 13.4. The van der Waals surface area contributed by atoms with Gasteiger partial charge in [-0.15, -0.1) is 0 Å². The number of ether oxygens (including phenoxy) is 1. The Morgan fingerprint density at radius 1 is 0.971 bits per heavy atom. The zero-order valence-electron chi connectivity index (χ0n) is 21.1. The van der Waals surface area contributed by atoms with Crippen LogP contribution in [0, 0.1) is 13.8 Å². The van der Waals surface area contributed by atoms with Crippen molar-refractivity contribution in [2.24, 2.45) is 0 Å². The first-order chi connectivity index (χ1) is 16.0. The Morgan fingerprint density at radius 2 is 1.65 bits per heavy atom. The molecule has 2 rings (SSSR count). The van der Waals surface area contributed by atoms with Crippen LogP contribution in [-0.4, -0.2) is 41.5 Å². The van der Waals surface area contributed by atoms with Crippen molar-refractivity contribution in [1.82, 2.24) is 15.5 Å². The highest BCUT2D eigenvalue weighted by molar-refractivity contribution is 5.90. The second-order valence-corrected chi connectivity index (χ2v) is 9.39. The van der Waals surface area contributed by atoms with Crippen LogP contribution in [0.5, 0.6) is 0 Å². The van der Waals surface area contributed by atoms with Gasteiger partial charge in [0.25, 0.3) is 0 Å². The molecule has 0 aliphatic heterocycles. The van der Waals surface area contributed by atoms with Crippen LogP contribution in [0.1, 0.15) is 62.4 Å². The predicted molar refractivity (Wildman–Crippen MR) is 133 cm³/mol. The monoisotopic (exact) mass is 467 g/mol. The molecule has 0 spiro atoms. The van der Waals surface area contributed by atoms with E-state index in [1.165, 1.54) is 4.90 Å². The van der Waals surface area contributed by atoms with Crippen LogP contribution in [-0.2, 0) is 20.9 Å². The number of carbonyl (C=O) groups is 3. The zero-order chi connectivity index (χ0) is 25.3. The molecule has 0 aromatic heterocycles. The molecule has 7 nitrogen and oxygen atoms in total. The quantitative estimate of drug-likeness (QED) is 0.571. The lowest BCUT2D eigenvalue weighted by atomic mass is 9.98. The number of hydrogen-bond acceptors (Lipinski definition) is 4. The molecule has 2 N–H and O–H groups in total. The van der Waals surface area contributed by atoms with Gasteiger partial charge in [-0.05, 0) is 63.3 Å². The first kappa shape index (κ1) is 26.9. The topological polar surface area (TPSA) is 87.7 Å². The van der Waals surface area contributed by atoms with Gasteiger partial charge in [0.2, 0.25) is 11.8 Å². The summed E-state index contributed by atoms with van der Waals surface area (Å²) in [6.07, 6.45) is -0.0144. The second kappa shape index (κ2) is 12.2. The normalized spacial score (nSPS) is 11.9. The van der Waals surface area contributed by atoms with Crippen LogP contribution in [0.2, 0.25) is 0 Å². The average molecular weight is 468 g/mol. The van der Waals surface area contributed by atoms with Crippen molar-refractivity contribution in [3.8, 4) is 0 Å². The molecule has 0 heterocycles. The minimum atomic E-state index is -0.823. The third kappa shape index (κ3) is 8.21. The minimum Gasteiger partial charge on any atom is -0.444 e. The lowest BCUT2D eigenvalue weighted by Crippen LogP contribution is -2.48. The molecule has 1 unspecified atom stereocenters. The number of carbonyl (C=O) groups excluding carboxylic acids is 3. The number of nitrogens with one attached hydrogen (secondary N) is 2. The molecular weight excluding hydrogens is 430 g/mol. The molecule has 0 aliphatic carbocycles. The van der Waals surface area contributed by atoms with E-state index in [0.29, 0.717) is 19.5 Å². The Bertz CT molecular complexity index is 983. The summed E-state index contributed by atoms with van der Waals surface area (Å²) >= 11 is 0. The van der Waals surface area contributed by atoms with Crippen molar-refractivity contribution in [3.05, 3.63) is 70.8 Å². The molecule has 7 heteroatoms. The van der Waals surface area contributed by atoms with Crippen LogP contribution in [0.4, 0.5) is 4.79 Å². The first-order valence-electron chi connectivity index (χ1n) is 11.7. The zero-order valence-corrected chi connectivity index (χ0v) is 21.1. The summed E-state index contributed by atoms with van der Waals surface area (Å²) in [5, 5.41) is 5.49. The Hall–Kier alpha value is -3.35. The van der Waals surface area contributed by atoms with E-state index in [1.54, 1.807) is 20.8 Å². The summed E-state index contributed by atoms with van der Waals surface area (Å²) in [7, 11) is 0. The smallest absolute Gasteiger partial charge is 0.408 e. The van der Waals surface area contributed by atoms with Gasteiger partial charge >= 0.3 is 6.09 Å². The number of nitrogens with zero attached hydrogens (tertiary/aromatic N) is 1. The standard InChI is InChI=1S/C27H37N3O4/c1-7-15-30(23(31)18-29-26(33)34-27(4,5)6)24(22-14-13-19(2)20(3)16-22)25(32)28-17-21-11-9-8-10-12-21/h8-14,16,24H,7,15,17-18H2,1-6H3,(H,28,32)(H,29,33). The molecule has 0 aliphatic rings. The van der Waals surface area contributed by atoms with E-state index < -0.39 is 17.7 Å². The van der Waals surface area contributed by atoms with Gasteiger partial charge in [-0.2, -0.15) is 0 Å². The summed E-state index contributed by atoms with van der Waals surface area (Å²) in [4.78, 5) is 40.3. The SMILES string of the molecule is CCCN(C(=O)CNC(=O)OC(C)(C)C)C(C(=O)NCc1ccccc1)c1ccc(C)c(C)c1. The summed E-state index contributed by atoms with van der Waals surface area (Å²) in [5.74, 6) is -0.628. The molecule has 2 aromatic rings. The van der Waals surface area contributed by atoms with Gasteiger partial charge in [0.1, 0.15) is 18.2 Å². The second-order valence-electron chi connectivity index (χ2n) is 9.39. The van der Waals surface area contributed by atoms with Crippen molar-refractivity contribution in [2.45, 2.75) is 66.2 Å². The van der Waals surface area contributed by atoms with Crippen molar-refractivity contribution < 1.29 is 19.1 Å². The lowest BCUT2D eigenvalue weighted by molar-refractivity contribution is -0.140. The van der Waals surface area contributed by atoms with E-state index in [-0.39, 0.29) is 18.4 Å². The van der Waals surface area contributed by atoms with E-state index in [2.05, 4.69) is 10.6 Å². The molecule has 184 valence electrons. The number of amides is 3. The van der Waals surface area contributed by atoms with Gasteiger partial charge in [0.05, 0.1) is 0 Å². The van der Waals surface area contributed by atoms with Crippen LogP contribution in [0.25, 0.3) is 0 Å². The van der Waals surface area contributed by atoms with E-state index in [4.69, 9.17) is 4.74 Å². The van der Waals surface area contributed by atoms with Crippen LogP contribution in [0.3, 0.4) is 0 Å². The van der Waals surface area contributed by atoms with Crippen molar-refractivity contribution in [3.63, 3.8) is 0 Å². The maximum Gasteiger partial charge on any atom is 0.408 e. The van der Waals surface area contributed by atoms with Gasteiger partial charge in [-0.3, -0.25) is 9.59 Å².